The van der Waals surface area contributed by atoms with Gasteiger partial charge in [0.25, 0.3) is 0 Å². The van der Waals surface area contributed by atoms with Crippen LogP contribution in [0.1, 0.15) is 35.7 Å². The summed E-state index contributed by atoms with van der Waals surface area (Å²) < 4.78 is 32.2. The molecule has 0 unspecified atom stereocenters. The van der Waals surface area contributed by atoms with Crippen LogP contribution in [0.3, 0.4) is 0 Å². The summed E-state index contributed by atoms with van der Waals surface area (Å²) in [7, 11) is -3.53. The number of rotatable bonds is 6. The predicted molar refractivity (Wildman–Crippen MR) is 104 cm³/mol. The maximum atomic E-state index is 12.9. The topological polar surface area (TPSA) is 63.7 Å². The fraction of sp³-hybridized carbons (Fsp3) is 0.381. The first kappa shape index (κ1) is 19.6. The first-order chi connectivity index (χ1) is 13.0. The molecule has 2 aromatic carbocycles. The Balaban J connectivity index is 1.62. The van der Waals surface area contributed by atoms with E-state index < -0.39 is 16.0 Å². The van der Waals surface area contributed by atoms with Gasteiger partial charge in [-0.15, -0.1) is 0 Å². The van der Waals surface area contributed by atoms with E-state index in [-0.39, 0.29) is 11.5 Å². The first-order valence-electron chi connectivity index (χ1n) is 9.32. The maximum absolute atomic E-state index is 12.9. The molecule has 144 valence electrons. The van der Waals surface area contributed by atoms with E-state index in [1.54, 1.807) is 11.2 Å². The van der Waals surface area contributed by atoms with E-state index in [1.807, 2.05) is 18.2 Å². The molecule has 1 saturated heterocycles. The van der Waals surface area contributed by atoms with Crippen molar-refractivity contribution in [2.45, 2.75) is 31.1 Å². The number of esters is 1. The van der Waals surface area contributed by atoms with Crippen LogP contribution in [-0.4, -0.2) is 38.4 Å². The van der Waals surface area contributed by atoms with Crippen molar-refractivity contribution >= 4 is 16.0 Å². The summed E-state index contributed by atoms with van der Waals surface area (Å²) in [6.07, 6.45) is 2.70. The van der Waals surface area contributed by atoms with Crippen molar-refractivity contribution in [3.05, 3.63) is 65.7 Å². The molecule has 0 aromatic heterocycles. The number of hydrogen-bond acceptors (Lipinski definition) is 4. The number of carbonyl (C=O) groups excluding carboxylic acids is 1. The monoisotopic (exact) mass is 387 g/mol. The van der Waals surface area contributed by atoms with Gasteiger partial charge in [0, 0.05) is 13.1 Å². The molecular weight excluding hydrogens is 362 g/mol. The summed E-state index contributed by atoms with van der Waals surface area (Å²) in [6, 6.07) is 16.3. The normalized spacial score (nSPS) is 16.2. The molecule has 1 aliphatic rings. The summed E-state index contributed by atoms with van der Waals surface area (Å²) in [5.41, 5.74) is 1.66. The van der Waals surface area contributed by atoms with Gasteiger partial charge >= 0.3 is 5.97 Å². The molecule has 0 atom stereocenters. The van der Waals surface area contributed by atoms with Crippen molar-refractivity contribution in [1.82, 2.24) is 4.31 Å². The Hall–Kier alpha value is -2.18. The molecule has 0 N–H and O–H groups in total. The molecule has 3 rings (SSSR count). The van der Waals surface area contributed by atoms with Gasteiger partial charge in [-0.2, -0.15) is 4.31 Å². The van der Waals surface area contributed by atoms with E-state index in [0.717, 1.165) is 19.3 Å². The number of sulfonamides is 1. The SMILES string of the molecule is CCOC(=O)c1ccc(S(=O)(=O)N2CCC(Cc3ccccc3)CC2)cc1. The molecule has 6 heteroatoms. The zero-order chi connectivity index (χ0) is 19.3. The van der Waals surface area contributed by atoms with Crippen LogP contribution < -0.4 is 0 Å². The molecule has 0 aliphatic carbocycles. The third-order valence-corrected chi connectivity index (χ3v) is 6.86. The first-order valence-corrected chi connectivity index (χ1v) is 10.8. The van der Waals surface area contributed by atoms with Gasteiger partial charge in [-0.3, -0.25) is 0 Å². The zero-order valence-electron chi connectivity index (χ0n) is 15.5. The van der Waals surface area contributed by atoms with Crippen LogP contribution in [0.2, 0.25) is 0 Å². The Morgan fingerprint density at radius 3 is 2.26 bits per heavy atom. The van der Waals surface area contributed by atoms with Gasteiger partial charge in [-0.1, -0.05) is 30.3 Å². The molecule has 5 nitrogen and oxygen atoms in total. The Kier molecular flexibility index (Phi) is 6.29. The van der Waals surface area contributed by atoms with E-state index in [2.05, 4.69) is 12.1 Å². The molecule has 27 heavy (non-hydrogen) atoms. The van der Waals surface area contributed by atoms with Crippen molar-refractivity contribution in [2.24, 2.45) is 5.92 Å². The maximum Gasteiger partial charge on any atom is 0.338 e. The highest BCUT2D eigenvalue weighted by atomic mass is 32.2. The average Bonchev–Trinajstić information content (AvgIpc) is 2.69. The van der Waals surface area contributed by atoms with Gasteiger partial charge in [-0.25, -0.2) is 13.2 Å². The van der Waals surface area contributed by atoms with Crippen LogP contribution in [0.5, 0.6) is 0 Å². The summed E-state index contributed by atoms with van der Waals surface area (Å²) in [4.78, 5) is 11.9. The lowest BCUT2D eigenvalue weighted by Crippen LogP contribution is -2.38. The predicted octanol–water partition coefficient (Wildman–Crippen LogP) is 3.51. The average molecular weight is 388 g/mol. The van der Waals surface area contributed by atoms with Gasteiger partial charge < -0.3 is 4.74 Å². The summed E-state index contributed by atoms with van der Waals surface area (Å²) in [6.45, 7) is 3.08. The highest BCUT2D eigenvalue weighted by molar-refractivity contribution is 7.89. The molecule has 0 amide bonds. The molecule has 1 heterocycles. The fourth-order valence-electron chi connectivity index (χ4n) is 3.43. The summed E-state index contributed by atoms with van der Waals surface area (Å²) >= 11 is 0. The van der Waals surface area contributed by atoms with E-state index in [1.165, 1.54) is 29.8 Å². The molecular formula is C21H25NO4S. The van der Waals surface area contributed by atoms with E-state index in [4.69, 9.17) is 4.74 Å². The van der Waals surface area contributed by atoms with E-state index >= 15 is 0 Å². The van der Waals surface area contributed by atoms with Crippen molar-refractivity contribution in [3.8, 4) is 0 Å². The molecule has 0 radical (unpaired) electrons. The van der Waals surface area contributed by atoms with Crippen LogP contribution in [0.4, 0.5) is 0 Å². The highest BCUT2D eigenvalue weighted by Crippen LogP contribution is 2.26. The number of benzene rings is 2. The van der Waals surface area contributed by atoms with Crippen LogP contribution in [0, 0.1) is 5.92 Å². The second kappa shape index (κ2) is 8.67. The lowest BCUT2D eigenvalue weighted by atomic mass is 9.91. The van der Waals surface area contributed by atoms with Crippen molar-refractivity contribution in [3.63, 3.8) is 0 Å². The summed E-state index contributed by atoms with van der Waals surface area (Å²) in [5, 5.41) is 0. The Bertz CT molecular complexity index is 855. The zero-order valence-corrected chi connectivity index (χ0v) is 16.3. The second-order valence-electron chi connectivity index (χ2n) is 6.78. The lowest BCUT2D eigenvalue weighted by molar-refractivity contribution is 0.0526. The minimum atomic E-state index is -3.53. The van der Waals surface area contributed by atoms with Gasteiger partial charge in [0.05, 0.1) is 17.1 Å². The molecule has 1 aliphatic heterocycles. The Morgan fingerprint density at radius 2 is 1.67 bits per heavy atom. The van der Waals surface area contributed by atoms with Crippen LogP contribution >= 0.6 is 0 Å². The third kappa shape index (κ3) is 4.76. The second-order valence-corrected chi connectivity index (χ2v) is 8.72. The van der Waals surface area contributed by atoms with Crippen molar-refractivity contribution in [2.75, 3.05) is 19.7 Å². The van der Waals surface area contributed by atoms with Crippen molar-refractivity contribution in [1.29, 1.82) is 0 Å². The molecule has 0 spiro atoms. The minimum absolute atomic E-state index is 0.219. The fourth-order valence-corrected chi connectivity index (χ4v) is 4.90. The smallest absolute Gasteiger partial charge is 0.338 e. The third-order valence-electron chi connectivity index (χ3n) is 4.94. The molecule has 1 fully saturated rings. The quantitative estimate of drug-likeness (QED) is 0.712. The number of nitrogens with zero attached hydrogens (tertiary/aromatic N) is 1. The Morgan fingerprint density at radius 1 is 1.04 bits per heavy atom. The van der Waals surface area contributed by atoms with Gasteiger partial charge in [0.15, 0.2) is 0 Å². The number of carbonyl (C=O) groups is 1. The summed E-state index contributed by atoms with van der Waals surface area (Å²) in [5.74, 6) is 0.0632. The van der Waals surface area contributed by atoms with Crippen LogP contribution in [0.15, 0.2) is 59.5 Å². The highest BCUT2D eigenvalue weighted by Gasteiger charge is 2.29. The largest absolute Gasteiger partial charge is 0.462 e. The standard InChI is InChI=1S/C21H25NO4S/c1-2-26-21(23)19-8-10-20(11-9-19)27(24,25)22-14-12-18(13-15-22)16-17-6-4-3-5-7-17/h3-11,18H,2,12-16H2,1H3. The van der Waals surface area contributed by atoms with Gasteiger partial charge in [-0.05, 0) is 61.9 Å². The van der Waals surface area contributed by atoms with Gasteiger partial charge in [0.1, 0.15) is 0 Å². The minimum Gasteiger partial charge on any atom is -0.462 e. The van der Waals surface area contributed by atoms with Crippen LogP contribution in [0.25, 0.3) is 0 Å². The van der Waals surface area contributed by atoms with E-state index in [9.17, 15) is 13.2 Å². The molecule has 0 bridgehead atoms. The van der Waals surface area contributed by atoms with E-state index in [0.29, 0.717) is 24.6 Å². The number of hydrogen-bond donors (Lipinski definition) is 0. The van der Waals surface area contributed by atoms with Crippen molar-refractivity contribution < 1.29 is 17.9 Å². The molecule has 0 saturated carbocycles. The van der Waals surface area contributed by atoms with Gasteiger partial charge in [0.2, 0.25) is 10.0 Å². The Labute approximate surface area is 161 Å². The number of ether oxygens (including phenoxy) is 1. The van der Waals surface area contributed by atoms with Crippen LogP contribution in [-0.2, 0) is 21.2 Å². The molecule has 2 aromatic rings. The lowest BCUT2D eigenvalue weighted by Gasteiger charge is -2.31. The number of piperidine rings is 1.